The van der Waals surface area contributed by atoms with E-state index in [1.807, 2.05) is 0 Å². The van der Waals surface area contributed by atoms with Gasteiger partial charge in [0.25, 0.3) is 0 Å². The number of ether oxygens (including phenoxy) is 2. The molecule has 0 saturated heterocycles. The molecule has 0 radical (unpaired) electrons. The van der Waals surface area contributed by atoms with Gasteiger partial charge in [-0.15, -0.1) is 0 Å². The average molecular weight is 348 g/mol. The molecule has 24 heavy (non-hydrogen) atoms. The van der Waals surface area contributed by atoms with Gasteiger partial charge in [0.1, 0.15) is 0 Å². The van der Waals surface area contributed by atoms with Gasteiger partial charge < -0.3 is 25.8 Å². The molecule has 1 heterocycles. The molecule has 1 aliphatic heterocycles. The van der Waals surface area contributed by atoms with Crippen molar-refractivity contribution in [2.24, 2.45) is 0 Å². The molecular weight excluding hydrogens is 334 g/mol. The summed E-state index contributed by atoms with van der Waals surface area (Å²) in [5.74, 6) is -0.289. The monoisotopic (exact) mass is 347 g/mol. The number of amides is 2. The molecule has 124 valence electrons. The van der Waals surface area contributed by atoms with E-state index in [4.69, 9.17) is 26.8 Å². The number of hydrogen-bond donors (Lipinski definition) is 3. The largest absolute Gasteiger partial charge is 0.454 e. The molecule has 0 saturated carbocycles. The van der Waals surface area contributed by atoms with Crippen molar-refractivity contribution < 1.29 is 19.1 Å². The van der Waals surface area contributed by atoms with Gasteiger partial charge in [0.15, 0.2) is 11.5 Å². The van der Waals surface area contributed by atoms with Crippen molar-refractivity contribution in [2.75, 3.05) is 17.8 Å². The third-order valence-electron chi connectivity index (χ3n) is 3.35. The first kappa shape index (κ1) is 15.9. The lowest BCUT2D eigenvalue weighted by atomic mass is 10.2. The van der Waals surface area contributed by atoms with Crippen LogP contribution in [0.2, 0.25) is 5.02 Å². The Labute approximate surface area is 142 Å². The maximum absolute atomic E-state index is 11.9. The van der Waals surface area contributed by atoms with E-state index >= 15 is 0 Å². The van der Waals surface area contributed by atoms with Crippen molar-refractivity contribution in [3.05, 3.63) is 47.0 Å². The molecule has 2 aromatic carbocycles. The Hall–Kier alpha value is -2.93. The molecule has 0 unspecified atom stereocenters. The van der Waals surface area contributed by atoms with Crippen LogP contribution < -0.4 is 25.8 Å². The van der Waals surface area contributed by atoms with Gasteiger partial charge in [-0.05, 0) is 35.9 Å². The number of nitrogens with one attached hydrogen (secondary N) is 2. The summed E-state index contributed by atoms with van der Waals surface area (Å²) in [5.41, 5.74) is 7.15. The number of rotatable bonds is 3. The summed E-state index contributed by atoms with van der Waals surface area (Å²) in [6.07, 6.45) is 0. The van der Waals surface area contributed by atoms with E-state index < -0.39 is 11.8 Å². The highest BCUT2D eigenvalue weighted by Crippen LogP contribution is 2.32. The van der Waals surface area contributed by atoms with Crippen molar-refractivity contribution in [3.8, 4) is 11.5 Å². The summed E-state index contributed by atoms with van der Waals surface area (Å²) in [6, 6.07) is 9.86. The van der Waals surface area contributed by atoms with Crippen molar-refractivity contribution in [3.63, 3.8) is 0 Å². The van der Waals surface area contributed by atoms with Gasteiger partial charge in [0.05, 0.1) is 10.7 Å². The topological polar surface area (TPSA) is 103 Å². The van der Waals surface area contributed by atoms with Gasteiger partial charge >= 0.3 is 11.8 Å². The van der Waals surface area contributed by atoms with E-state index in [1.165, 1.54) is 6.07 Å². The smallest absolute Gasteiger partial charge is 0.313 e. The van der Waals surface area contributed by atoms with Crippen LogP contribution in [0.1, 0.15) is 5.56 Å². The zero-order valence-corrected chi connectivity index (χ0v) is 13.2. The number of nitrogen functional groups attached to an aromatic ring is 1. The molecule has 3 rings (SSSR count). The number of carbonyl (C=O) groups is 2. The van der Waals surface area contributed by atoms with E-state index in [2.05, 4.69) is 10.6 Å². The molecule has 0 aliphatic carbocycles. The van der Waals surface area contributed by atoms with Crippen LogP contribution in [0.25, 0.3) is 0 Å². The molecule has 0 fully saturated rings. The zero-order valence-electron chi connectivity index (χ0n) is 12.5. The predicted octanol–water partition coefficient (Wildman–Crippen LogP) is 1.91. The third-order valence-corrected chi connectivity index (χ3v) is 3.68. The molecule has 1 aliphatic rings. The predicted molar refractivity (Wildman–Crippen MR) is 88.9 cm³/mol. The minimum atomic E-state index is -0.795. The molecule has 0 bridgehead atoms. The number of anilines is 2. The standard InChI is InChI=1S/C16H14ClN3O4/c17-11-6-10(2-3-12(11)18)20-16(22)15(21)19-7-9-1-4-13-14(5-9)24-8-23-13/h1-6H,7-8,18H2,(H,19,21)(H,20,22). The Morgan fingerprint density at radius 1 is 1.08 bits per heavy atom. The summed E-state index contributed by atoms with van der Waals surface area (Å²) < 4.78 is 10.5. The Balaban J connectivity index is 1.56. The van der Waals surface area contributed by atoms with Gasteiger partial charge in [0, 0.05) is 12.2 Å². The molecule has 0 atom stereocenters. The van der Waals surface area contributed by atoms with E-state index in [0.29, 0.717) is 27.9 Å². The van der Waals surface area contributed by atoms with Crippen molar-refractivity contribution >= 4 is 34.8 Å². The summed E-state index contributed by atoms with van der Waals surface area (Å²) in [5, 5.41) is 5.28. The first-order valence-electron chi connectivity index (χ1n) is 7.05. The van der Waals surface area contributed by atoms with Gasteiger partial charge in [-0.2, -0.15) is 0 Å². The van der Waals surface area contributed by atoms with Crippen LogP contribution in [0.4, 0.5) is 11.4 Å². The van der Waals surface area contributed by atoms with Crippen LogP contribution in [0.15, 0.2) is 36.4 Å². The third kappa shape index (κ3) is 3.52. The highest BCUT2D eigenvalue weighted by atomic mass is 35.5. The molecule has 7 nitrogen and oxygen atoms in total. The molecule has 0 aromatic heterocycles. The molecule has 4 N–H and O–H groups in total. The van der Waals surface area contributed by atoms with Crippen LogP contribution in [0.5, 0.6) is 11.5 Å². The lowest BCUT2D eigenvalue weighted by molar-refractivity contribution is -0.136. The fourth-order valence-corrected chi connectivity index (χ4v) is 2.29. The van der Waals surface area contributed by atoms with Gasteiger partial charge in [-0.25, -0.2) is 0 Å². The van der Waals surface area contributed by atoms with Crippen LogP contribution >= 0.6 is 11.6 Å². The summed E-state index contributed by atoms with van der Waals surface area (Å²) >= 11 is 5.87. The van der Waals surface area contributed by atoms with Crippen molar-refractivity contribution in [2.45, 2.75) is 6.54 Å². The molecule has 0 spiro atoms. The fourth-order valence-electron chi connectivity index (χ4n) is 2.11. The Bertz CT molecular complexity index is 810. The summed E-state index contributed by atoms with van der Waals surface area (Å²) in [6.45, 7) is 0.364. The summed E-state index contributed by atoms with van der Waals surface area (Å²) in [7, 11) is 0. The molecule has 2 aromatic rings. The summed E-state index contributed by atoms with van der Waals surface area (Å²) in [4.78, 5) is 23.7. The minimum absolute atomic E-state index is 0.178. The van der Waals surface area contributed by atoms with Crippen LogP contribution in [-0.4, -0.2) is 18.6 Å². The Kier molecular flexibility index (Phi) is 4.43. The normalized spacial score (nSPS) is 11.9. The maximum atomic E-state index is 11.9. The highest BCUT2D eigenvalue weighted by Gasteiger charge is 2.16. The second-order valence-electron chi connectivity index (χ2n) is 5.06. The van der Waals surface area contributed by atoms with Crippen molar-refractivity contribution in [1.29, 1.82) is 0 Å². The second kappa shape index (κ2) is 6.67. The quantitative estimate of drug-likeness (QED) is 0.581. The lowest BCUT2D eigenvalue weighted by Gasteiger charge is -2.08. The molecular formula is C16H14ClN3O4. The SMILES string of the molecule is Nc1ccc(NC(=O)C(=O)NCc2ccc3c(c2)OCO3)cc1Cl. The molecule has 8 heteroatoms. The zero-order chi connectivity index (χ0) is 17.1. The number of fused-ring (bicyclic) bond motifs is 1. The number of nitrogens with two attached hydrogens (primary N) is 1. The second-order valence-corrected chi connectivity index (χ2v) is 5.47. The van der Waals surface area contributed by atoms with Crippen molar-refractivity contribution in [1.82, 2.24) is 5.32 Å². The van der Waals surface area contributed by atoms with Gasteiger partial charge in [-0.1, -0.05) is 17.7 Å². The minimum Gasteiger partial charge on any atom is -0.454 e. The van der Waals surface area contributed by atoms with Crippen LogP contribution in [0.3, 0.4) is 0 Å². The molecule has 2 amide bonds. The van der Waals surface area contributed by atoms with Gasteiger partial charge in [-0.3, -0.25) is 9.59 Å². The number of carbonyl (C=O) groups excluding carboxylic acids is 2. The van der Waals surface area contributed by atoms with Gasteiger partial charge in [0.2, 0.25) is 6.79 Å². The Morgan fingerprint density at radius 2 is 1.88 bits per heavy atom. The maximum Gasteiger partial charge on any atom is 0.313 e. The first-order chi connectivity index (χ1) is 11.5. The number of hydrogen-bond acceptors (Lipinski definition) is 5. The number of benzene rings is 2. The fraction of sp³-hybridized carbons (Fsp3) is 0.125. The lowest BCUT2D eigenvalue weighted by Crippen LogP contribution is -2.34. The van der Waals surface area contributed by atoms with E-state index in [1.54, 1.807) is 30.3 Å². The van der Waals surface area contributed by atoms with E-state index in [0.717, 1.165) is 5.56 Å². The van der Waals surface area contributed by atoms with Crippen LogP contribution in [-0.2, 0) is 16.1 Å². The van der Waals surface area contributed by atoms with E-state index in [9.17, 15) is 9.59 Å². The highest BCUT2D eigenvalue weighted by molar-refractivity contribution is 6.40. The van der Waals surface area contributed by atoms with E-state index in [-0.39, 0.29) is 13.3 Å². The number of halogens is 1. The first-order valence-corrected chi connectivity index (χ1v) is 7.43. The Morgan fingerprint density at radius 3 is 2.67 bits per heavy atom. The van der Waals surface area contributed by atoms with Crippen LogP contribution in [0, 0.1) is 0 Å². The average Bonchev–Trinajstić information content (AvgIpc) is 3.03.